The normalized spacial score (nSPS) is 9.17. The van der Waals surface area contributed by atoms with Crippen molar-refractivity contribution in [3.05, 3.63) is 48.0 Å². The highest BCUT2D eigenvalue weighted by Gasteiger charge is 1.98. The van der Waals surface area contributed by atoms with Crippen LogP contribution in [0.3, 0.4) is 0 Å². The molecule has 0 amide bonds. The lowest BCUT2D eigenvalue weighted by atomic mass is 10.00. The smallest absolute Gasteiger partial charge is 0.106 e. The first-order valence-electron chi connectivity index (χ1n) is 5.97. The molecular weight excluding hydrogens is 224 g/mol. The summed E-state index contributed by atoms with van der Waals surface area (Å²) in [5.41, 5.74) is 1.44. The molecule has 0 saturated carbocycles. The predicted molar refractivity (Wildman–Crippen MR) is 77.8 cm³/mol. The lowest BCUT2D eigenvalue weighted by Gasteiger charge is -2.06. The van der Waals surface area contributed by atoms with Crippen molar-refractivity contribution in [2.24, 2.45) is 5.92 Å². The van der Waals surface area contributed by atoms with Gasteiger partial charge in [0.15, 0.2) is 0 Å². The van der Waals surface area contributed by atoms with E-state index in [1.807, 2.05) is 6.79 Å². The van der Waals surface area contributed by atoms with Gasteiger partial charge >= 0.3 is 0 Å². The summed E-state index contributed by atoms with van der Waals surface area (Å²) < 4.78 is 0. The van der Waals surface area contributed by atoms with Crippen molar-refractivity contribution in [2.75, 3.05) is 7.11 Å². The fraction of sp³-hybridized carbons (Fsp3) is 0.312. The van der Waals surface area contributed by atoms with Crippen molar-refractivity contribution in [2.45, 2.75) is 20.3 Å². The van der Waals surface area contributed by atoms with Crippen molar-refractivity contribution in [1.82, 2.24) is 0 Å². The summed E-state index contributed by atoms with van der Waals surface area (Å²) in [6, 6.07) is 15.3. The molecule has 0 aliphatic rings. The topological polar surface area (TPSA) is 37.3 Å². The third-order valence-corrected chi connectivity index (χ3v) is 2.46. The van der Waals surface area contributed by atoms with Crippen LogP contribution in [0, 0.1) is 5.92 Å². The van der Waals surface area contributed by atoms with Crippen LogP contribution < -0.4 is 0 Å². The molecule has 0 aliphatic heterocycles. The van der Waals surface area contributed by atoms with E-state index < -0.39 is 0 Å². The molecule has 0 radical (unpaired) electrons. The molecule has 2 rings (SSSR count). The minimum Gasteiger partial charge on any atom is -0.400 e. The summed E-state index contributed by atoms with van der Waals surface area (Å²) in [7, 11) is 1.00. The Morgan fingerprint density at radius 1 is 1.00 bits per heavy atom. The van der Waals surface area contributed by atoms with E-state index in [2.05, 4.69) is 56.3 Å². The Morgan fingerprint density at radius 3 is 2.11 bits per heavy atom. The average molecular weight is 246 g/mol. The molecule has 0 saturated heterocycles. The molecule has 0 spiro atoms. The Hall–Kier alpha value is -1.67. The monoisotopic (exact) mass is 246 g/mol. The largest absolute Gasteiger partial charge is 0.400 e. The molecule has 2 aromatic carbocycles. The average Bonchev–Trinajstić information content (AvgIpc) is 2.42. The van der Waals surface area contributed by atoms with Gasteiger partial charge in [0.05, 0.1) is 0 Å². The Morgan fingerprint density at radius 2 is 1.56 bits per heavy atom. The van der Waals surface area contributed by atoms with Gasteiger partial charge in [0.2, 0.25) is 0 Å². The number of hydrogen-bond acceptors (Lipinski definition) is 2. The molecule has 18 heavy (non-hydrogen) atoms. The number of hydrogen-bond donors (Lipinski definition) is 1. The molecule has 2 nitrogen and oxygen atoms in total. The number of aliphatic hydroxyl groups excluding tert-OH is 1. The highest BCUT2D eigenvalue weighted by molar-refractivity contribution is 5.82. The van der Waals surface area contributed by atoms with Crippen LogP contribution in [-0.2, 0) is 11.2 Å². The molecule has 1 N–H and O–H groups in total. The number of carbonyl (C=O) groups is 1. The van der Waals surface area contributed by atoms with Gasteiger partial charge in [0.25, 0.3) is 0 Å². The van der Waals surface area contributed by atoms with E-state index in [-0.39, 0.29) is 0 Å². The van der Waals surface area contributed by atoms with E-state index in [4.69, 9.17) is 9.90 Å². The number of rotatable bonds is 2. The molecule has 0 heterocycles. The van der Waals surface area contributed by atoms with Crippen molar-refractivity contribution in [3.63, 3.8) is 0 Å². The van der Waals surface area contributed by atoms with Crippen molar-refractivity contribution in [3.8, 4) is 0 Å². The van der Waals surface area contributed by atoms with E-state index in [0.717, 1.165) is 13.0 Å². The summed E-state index contributed by atoms with van der Waals surface area (Å²) >= 11 is 0. The van der Waals surface area contributed by atoms with E-state index in [9.17, 15) is 0 Å². The zero-order chi connectivity index (χ0) is 14.0. The van der Waals surface area contributed by atoms with Crippen LogP contribution in [0.1, 0.15) is 19.4 Å². The maximum atomic E-state index is 8.00. The van der Waals surface area contributed by atoms with Crippen LogP contribution in [-0.4, -0.2) is 19.0 Å². The van der Waals surface area contributed by atoms with Crippen molar-refractivity contribution >= 4 is 17.6 Å². The number of carbonyl (C=O) groups excluding carboxylic acids is 1. The fourth-order valence-corrected chi connectivity index (χ4v) is 1.84. The highest BCUT2D eigenvalue weighted by Crippen LogP contribution is 2.17. The third-order valence-electron chi connectivity index (χ3n) is 2.46. The maximum Gasteiger partial charge on any atom is 0.106 e. The molecular formula is C16H22O2. The minimum absolute atomic E-state index is 0.733. The SMILES string of the molecule is C=O.CC(C)Cc1ccc2ccccc2c1.CO. The number of benzene rings is 2. The standard InChI is InChI=1S/C14H16.CH4O.CH2O/c1-11(2)9-12-7-8-13-5-3-4-6-14(13)10-12;2*1-2/h3-8,10-11H,9H2,1-2H3;2H,1H3;1H2. The summed E-state index contributed by atoms with van der Waals surface area (Å²) in [6.45, 7) is 6.52. The van der Waals surface area contributed by atoms with Gasteiger partial charge in [-0.15, -0.1) is 0 Å². The van der Waals surface area contributed by atoms with Gasteiger partial charge in [0, 0.05) is 7.11 Å². The highest BCUT2D eigenvalue weighted by atomic mass is 16.2. The van der Waals surface area contributed by atoms with E-state index in [1.54, 1.807) is 0 Å². The van der Waals surface area contributed by atoms with Crippen LogP contribution in [0.2, 0.25) is 0 Å². The van der Waals surface area contributed by atoms with Gasteiger partial charge in [0.1, 0.15) is 6.79 Å². The molecule has 0 bridgehead atoms. The molecule has 0 aromatic heterocycles. The van der Waals surface area contributed by atoms with Gasteiger partial charge in [-0.1, -0.05) is 56.3 Å². The van der Waals surface area contributed by atoms with E-state index in [0.29, 0.717) is 0 Å². The molecule has 0 atom stereocenters. The Balaban J connectivity index is 0.000000659. The molecule has 0 unspecified atom stereocenters. The Labute approximate surface area is 109 Å². The lowest BCUT2D eigenvalue weighted by molar-refractivity contribution is -0.0979. The summed E-state index contributed by atoms with van der Waals surface area (Å²) in [4.78, 5) is 8.00. The third kappa shape index (κ3) is 5.11. The second-order valence-electron chi connectivity index (χ2n) is 4.28. The minimum atomic E-state index is 0.733. The zero-order valence-electron chi connectivity index (χ0n) is 11.4. The summed E-state index contributed by atoms with van der Waals surface area (Å²) in [5.74, 6) is 0.733. The quantitative estimate of drug-likeness (QED) is 0.881. The van der Waals surface area contributed by atoms with Crippen LogP contribution in [0.15, 0.2) is 42.5 Å². The van der Waals surface area contributed by atoms with Crippen LogP contribution >= 0.6 is 0 Å². The Kier molecular flexibility index (Phi) is 8.50. The van der Waals surface area contributed by atoms with Gasteiger partial charge in [-0.2, -0.15) is 0 Å². The van der Waals surface area contributed by atoms with Crippen LogP contribution in [0.5, 0.6) is 0 Å². The summed E-state index contributed by atoms with van der Waals surface area (Å²) in [5, 5.41) is 9.69. The molecule has 98 valence electrons. The fourth-order valence-electron chi connectivity index (χ4n) is 1.84. The number of aliphatic hydroxyl groups is 1. The molecule has 0 fully saturated rings. The second-order valence-corrected chi connectivity index (χ2v) is 4.28. The second kappa shape index (κ2) is 9.37. The van der Waals surface area contributed by atoms with Crippen molar-refractivity contribution in [1.29, 1.82) is 0 Å². The molecule has 2 heteroatoms. The first kappa shape index (κ1) is 16.3. The van der Waals surface area contributed by atoms with Crippen LogP contribution in [0.4, 0.5) is 0 Å². The van der Waals surface area contributed by atoms with Crippen molar-refractivity contribution < 1.29 is 9.90 Å². The zero-order valence-corrected chi connectivity index (χ0v) is 11.4. The first-order valence-corrected chi connectivity index (χ1v) is 5.97. The van der Waals surface area contributed by atoms with Gasteiger partial charge < -0.3 is 9.90 Å². The van der Waals surface area contributed by atoms with Gasteiger partial charge in [-0.05, 0) is 28.7 Å². The van der Waals surface area contributed by atoms with E-state index >= 15 is 0 Å². The van der Waals surface area contributed by atoms with Gasteiger partial charge in [-0.3, -0.25) is 0 Å². The molecule has 0 aliphatic carbocycles. The number of fused-ring (bicyclic) bond motifs is 1. The Bertz CT molecular complexity index is 450. The summed E-state index contributed by atoms with van der Waals surface area (Å²) in [6.07, 6.45) is 1.17. The predicted octanol–water partition coefficient (Wildman–Crippen LogP) is 3.46. The van der Waals surface area contributed by atoms with Gasteiger partial charge in [-0.25, -0.2) is 0 Å². The molecule has 2 aromatic rings. The lowest BCUT2D eigenvalue weighted by Crippen LogP contribution is -1.93. The maximum absolute atomic E-state index is 8.00. The van der Waals surface area contributed by atoms with E-state index in [1.165, 1.54) is 22.8 Å². The van der Waals surface area contributed by atoms with Crippen LogP contribution in [0.25, 0.3) is 10.8 Å². The first-order chi connectivity index (χ1) is 8.75.